The van der Waals surface area contributed by atoms with Crippen molar-refractivity contribution in [2.75, 3.05) is 11.4 Å². The van der Waals surface area contributed by atoms with Gasteiger partial charge in [-0.25, -0.2) is 4.79 Å². The van der Waals surface area contributed by atoms with Gasteiger partial charge in [0, 0.05) is 11.3 Å². The van der Waals surface area contributed by atoms with Crippen molar-refractivity contribution in [1.29, 1.82) is 0 Å². The standard InChI is InChI=1S/C18H12N2O3S/c21-14-11-20(13-9-5-2-6-10-13)17(24-14)15-16(19-23-18(15)22)12-7-3-1-4-8-12/h1-10H,11H2/b17-15+. The molecule has 0 N–H and O–H groups in total. The minimum atomic E-state index is -0.535. The van der Waals surface area contributed by atoms with Crippen LogP contribution in [0, 0.1) is 0 Å². The topological polar surface area (TPSA) is 59.0 Å². The van der Waals surface area contributed by atoms with Gasteiger partial charge < -0.3 is 9.74 Å². The number of benzene rings is 2. The van der Waals surface area contributed by atoms with E-state index >= 15 is 0 Å². The van der Waals surface area contributed by atoms with Gasteiger partial charge in [0.2, 0.25) is 5.12 Å². The van der Waals surface area contributed by atoms with Gasteiger partial charge in [-0.2, -0.15) is 0 Å². The van der Waals surface area contributed by atoms with Gasteiger partial charge in [-0.3, -0.25) is 4.79 Å². The van der Waals surface area contributed by atoms with Crippen LogP contribution < -0.4 is 4.90 Å². The lowest BCUT2D eigenvalue weighted by Gasteiger charge is -2.19. The molecule has 118 valence electrons. The third-order valence-electron chi connectivity index (χ3n) is 3.73. The van der Waals surface area contributed by atoms with Gasteiger partial charge in [0.1, 0.15) is 16.3 Å². The lowest BCUT2D eigenvalue weighted by molar-refractivity contribution is -0.136. The highest BCUT2D eigenvalue weighted by Gasteiger charge is 2.38. The van der Waals surface area contributed by atoms with Crippen molar-refractivity contribution in [2.45, 2.75) is 0 Å². The number of rotatable bonds is 2. The number of hydrogen-bond acceptors (Lipinski definition) is 6. The van der Waals surface area contributed by atoms with Crippen LogP contribution in [0.4, 0.5) is 5.69 Å². The fraction of sp³-hybridized carbons (Fsp3) is 0.0556. The number of nitrogens with zero attached hydrogens (tertiary/aromatic N) is 2. The second kappa shape index (κ2) is 5.98. The average Bonchev–Trinajstić information content (AvgIpc) is 3.19. The molecule has 1 fully saturated rings. The zero-order valence-electron chi connectivity index (χ0n) is 12.5. The van der Waals surface area contributed by atoms with Gasteiger partial charge >= 0.3 is 5.97 Å². The molecule has 0 aromatic heterocycles. The van der Waals surface area contributed by atoms with Gasteiger partial charge in [0.25, 0.3) is 0 Å². The van der Waals surface area contributed by atoms with Gasteiger partial charge in [0.05, 0.1) is 6.54 Å². The maximum Gasteiger partial charge on any atom is 0.370 e. The van der Waals surface area contributed by atoms with Crippen molar-refractivity contribution in [3.8, 4) is 0 Å². The summed E-state index contributed by atoms with van der Waals surface area (Å²) in [5, 5.41) is 4.47. The maximum absolute atomic E-state index is 12.3. The van der Waals surface area contributed by atoms with Crippen molar-refractivity contribution in [3.05, 3.63) is 76.8 Å². The molecule has 0 bridgehead atoms. The van der Waals surface area contributed by atoms with Crippen LogP contribution in [0.15, 0.2) is 76.4 Å². The number of para-hydroxylation sites is 1. The zero-order valence-corrected chi connectivity index (χ0v) is 13.3. The van der Waals surface area contributed by atoms with Gasteiger partial charge in [-0.05, 0) is 23.9 Å². The Bertz CT molecular complexity index is 876. The van der Waals surface area contributed by atoms with Crippen LogP contribution in [0.5, 0.6) is 0 Å². The molecule has 2 aliphatic rings. The van der Waals surface area contributed by atoms with E-state index in [9.17, 15) is 9.59 Å². The SMILES string of the molecule is O=C1CN(c2ccccc2)/C(=C2\C(=O)ON=C2c2ccccc2)S1. The van der Waals surface area contributed by atoms with E-state index in [1.807, 2.05) is 65.6 Å². The number of thioether (sulfide) groups is 1. The Balaban J connectivity index is 1.84. The van der Waals surface area contributed by atoms with Crippen molar-refractivity contribution in [2.24, 2.45) is 5.16 Å². The van der Waals surface area contributed by atoms with Crippen molar-refractivity contribution < 1.29 is 14.4 Å². The molecular formula is C18H12N2O3S. The smallest absolute Gasteiger partial charge is 0.327 e. The quantitative estimate of drug-likeness (QED) is 0.623. The van der Waals surface area contributed by atoms with Crippen LogP contribution in [0.25, 0.3) is 0 Å². The normalized spacial score (nSPS) is 20.3. The molecule has 2 aliphatic heterocycles. The lowest BCUT2D eigenvalue weighted by Crippen LogP contribution is -2.22. The molecule has 5 nitrogen and oxygen atoms in total. The second-order valence-corrected chi connectivity index (χ2v) is 6.31. The summed E-state index contributed by atoms with van der Waals surface area (Å²) in [6.07, 6.45) is 0. The molecule has 2 aromatic carbocycles. The summed E-state index contributed by atoms with van der Waals surface area (Å²) in [6.45, 7) is 0.211. The highest BCUT2D eigenvalue weighted by atomic mass is 32.2. The number of carbonyl (C=O) groups excluding carboxylic acids is 2. The van der Waals surface area contributed by atoms with E-state index in [1.54, 1.807) is 0 Å². The van der Waals surface area contributed by atoms with E-state index in [-0.39, 0.29) is 11.7 Å². The molecule has 24 heavy (non-hydrogen) atoms. The summed E-state index contributed by atoms with van der Waals surface area (Å²) in [7, 11) is 0. The molecule has 1 saturated heterocycles. The first-order valence-corrected chi connectivity index (χ1v) is 8.18. The van der Waals surface area contributed by atoms with Gasteiger partial charge in [0.15, 0.2) is 0 Å². The lowest BCUT2D eigenvalue weighted by atomic mass is 10.0. The fourth-order valence-corrected chi connectivity index (χ4v) is 3.63. The first-order chi connectivity index (χ1) is 11.7. The molecule has 2 aromatic rings. The Kier molecular flexibility index (Phi) is 3.66. The van der Waals surface area contributed by atoms with Gasteiger partial charge in [-0.1, -0.05) is 53.7 Å². The summed E-state index contributed by atoms with van der Waals surface area (Å²) in [5.74, 6) is -0.535. The molecule has 0 aliphatic carbocycles. The molecule has 6 heteroatoms. The molecule has 2 heterocycles. The summed E-state index contributed by atoms with van der Waals surface area (Å²) in [6, 6.07) is 18.8. The Hall–Kier alpha value is -2.86. The summed E-state index contributed by atoms with van der Waals surface area (Å²) < 4.78 is 0. The van der Waals surface area contributed by atoms with E-state index in [2.05, 4.69) is 5.16 Å². The molecule has 0 unspecified atom stereocenters. The van der Waals surface area contributed by atoms with Crippen LogP contribution in [-0.2, 0) is 14.4 Å². The first kappa shape index (κ1) is 14.7. The van der Waals surface area contributed by atoms with E-state index in [1.165, 1.54) is 0 Å². The predicted molar refractivity (Wildman–Crippen MR) is 92.5 cm³/mol. The Labute approximate surface area is 142 Å². The highest BCUT2D eigenvalue weighted by molar-refractivity contribution is 8.17. The second-order valence-electron chi connectivity index (χ2n) is 5.26. The minimum absolute atomic E-state index is 0.0199. The van der Waals surface area contributed by atoms with Crippen molar-refractivity contribution in [1.82, 2.24) is 0 Å². The molecule has 0 atom stereocenters. The Morgan fingerprint density at radius 3 is 2.33 bits per heavy atom. The summed E-state index contributed by atoms with van der Waals surface area (Å²) in [4.78, 5) is 31.1. The third kappa shape index (κ3) is 2.51. The molecule has 0 amide bonds. The maximum atomic E-state index is 12.3. The van der Waals surface area contributed by atoms with Crippen LogP contribution in [0.2, 0.25) is 0 Å². The largest absolute Gasteiger partial charge is 0.370 e. The molecule has 0 spiro atoms. The van der Waals surface area contributed by atoms with Crippen LogP contribution >= 0.6 is 11.8 Å². The zero-order chi connectivity index (χ0) is 16.5. The van der Waals surface area contributed by atoms with E-state index in [0.29, 0.717) is 16.3 Å². The number of carbonyl (C=O) groups is 2. The van der Waals surface area contributed by atoms with Gasteiger partial charge in [-0.15, -0.1) is 0 Å². The van der Waals surface area contributed by atoms with Crippen molar-refractivity contribution >= 4 is 34.2 Å². The summed E-state index contributed by atoms with van der Waals surface area (Å²) >= 11 is 1.05. The Morgan fingerprint density at radius 2 is 1.62 bits per heavy atom. The molecule has 4 rings (SSSR count). The molecule has 0 radical (unpaired) electrons. The van der Waals surface area contributed by atoms with E-state index in [4.69, 9.17) is 4.84 Å². The third-order valence-corrected chi connectivity index (χ3v) is 4.71. The number of hydrogen-bond donors (Lipinski definition) is 0. The number of oxime groups is 1. The monoisotopic (exact) mass is 336 g/mol. The van der Waals surface area contributed by atoms with Crippen molar-refractivity contribution in [3.63, 3.8) is 0 Å². The predicted octanol–water partition coefficient (Wildman–Crippen LogP) is 2.94. The number of anilines is 1. The molecular weight excluding hydrogens is 324 g/mol. The van der Waals surface area contributed by atoms with E-state index < -0.39 is 5.97 Å². The Morgan fingerprint density at radius 1 is 0.958 bits per heavy atom. The summed E-state index contributed by atoms with van der Waals surface area (Å²) in [5.41, 5.74) is 2.42. The van der Waals surface area contributed by atoms with Crippen LogP contribution in [-0.4, -0.2) is 23.3 Å². The van der Waals surface area contributed by atoms with E-state index in [0.717, 1.165) is 23.0 Å². The van der Waals surface area contributed by atoms with Crippen LogP contribution in [0.1, 0.15) is 5.56 Å². The molecule has 0 saturated carbocycles. The highest BCUT2D eigenvalue weighted by Crippen LogP contribution is 2.38. The van der Waals surface area contributed by atoms with Crippen LogP contribution in [0.3, 0.4) is 0 Å². The fourth-order valence-electron chi connectivity index (χ4n) is 2.66. The average molecular weight is 336 g/mol. The first-order valence-electron chi connectivity index (χ1n) is 7.37. The minimum Gasteiger partial charge on any atom is -0.327 e.